The summed E-state index contributed by atoms with van der Waals surface area (Å²) >= 11 is 0. The number of allylic oxidation sites excluding steroid dienone is 2. The SMILES string of the molecule is C=C(c1ccc(CC/C(C)=C/N(CCCCCCNC(C)C)NC)cc1)C(C)C. The summed E-state index contributed by atoms with van der Waals surface area (Å²) in [6, 6.07) is 9.53. The smallest absolute Gasteiger partial charge is 0.0337 e. The highest BCUT2D eigenvalue weighted by Gasteiger charge is 2.04. The van der Waals surface area contributed by atoms with Gasteiger partial charge in [0.2, 0.25) is 0 Å². The van der Waals surface area contributed by atoms with Gasteiger partial charge in [0, 0.05) is 25.8 Å². The van der Waals surface area contributed by atoms with E-state index in [1.807, 2.05) is 7.05 Å². The molecule has 0 radical (unpaired) electrons. The lowest BCUT2D eigenvalue weighted by Gasteiger charge is -2.20. The monoisotopic (exact) mass is 399 g/mol. The molecule has 0 heterocycles. The van der Waals surface area contributed by atoms with Gasteiger partial charge in [-0.15, -0.1) is 0 Å². The zero-order valence-electron chi connectivity index (χ0n) is 19.9. The molecule has 1 aromatic carbocycles. The molecule has 2 N–H and O–H groups in total. The van der Waals surface area contributed by atoms with Crippen molar-refractivity contribution in [2.45, 2.75) is 79.2 Å². The van der Waals surface area contributed by atoms with Gasteiger partial charge in [-0.05, 0) is 61.8 Å². The van der Waals surface area contributed by atoms with E-state index in [4.69, 9.17) is 0 Å². The summed E-state index contributed by atoms with van der Waals surface area (Å²) in [4.78, 5) is 0. The number of nitrogens with zero attached hydrogens (tertiary/aromatic N) is 1. The van der Waals surface area contributed by atoms with Gasteiger partial charge in [0.05, 0.1) is 0 Å². The lowest BCUT2D eigenvalue weighted by molar-refractivity contribution is 0.287. The van der Waals surface area contributed by atoms with Crippen molar-refractivity contribution in [1.82, 2.24) is 15.8 Å². The lowest BCUT2D eigenvalue weighted by Crippen LogP contribution is -2.31. The molecule has 3 nitrogen and oxygen atoms in total. The van der Waals surface area contributed by atoms with Gasteiger partial charge in [-0.2, -0.15) is 0 Å². The van der Waals surface area contributed by atoms with E-state index >= 15 is 0 Å². The first kappa shape index (κ1) is 25.5. The quantitative estimate of drug-likeness (QED) is 0.272. The molecule has 0 atom stereocenters. The van der Waals surface area contributed by atoms with Crippen LogP contribution in [-0.4, -0.2) is 31.2 Å². The summed E-state index contributed by atoms with van der Waals surface area (Å²) in [5, 5.41) is 5.72. The topological polar surface area (TPSA) is 27.3 Å². The van der Waals surface area contributed by atoms with E-state index in [1.54, 1.807) is 0 Å². The fraction of sp³-hybridized carbons (Fsp3) is 0.615. The Labute approximate surface area is 180 Å². The molecule has 29 heavy (non-hydrogen) atoms. The molecule has 0 aliphatic heterocycles. The Morgan fingerprint density at radius 1 is 1.03 bits per heavy atom. The Morgan fingerprint density at radius 2 is 1.69 bits per heavy atom. The molecule has 0 bridgehead atoms. The van der Waals surface area contributed by atoms with Crippen LogP contribution < -0.4 is 10.7 Å². The van der Waals surface area contributed by atoms with Crippen molar-refractivity contribution in [3.63, 3.8) is 0 Å². The number of nitrogens with one attached hydrogen (secondary N) is 2. The highest BCUT2D eigenvalue weighted by Crippen LogP contribution is 2.21. The lowest BCUT2D eigenvalue weighted by atomic mass is 9.95. The normalized spacial score (nSPS) is 12.1. The summed E-state index contributed by atoms with van der Waals surface area (Å²) < 4.78 is 0. The van der Waals surface area contributed by atoms with Gasteiger partial charge in [0.25, 0.3) is 0 Å². The van der Waals surface area contributed by atoms with Crippen molar-refractivity contribution in [2.75, 3.05) is 20.1 Å². The number of unbranched alkanes of at least 4 members (excludes halogenated alkanes) is 3. The molecule has 0 saturated heterocycles. The zero-order chi connectivity index (χ0) is 21.6. The van der Waals surface area contributed by atoms with Crippen LogP contribution in [0.3, 0.4) is 0 Å². The van der Waals surface area contributed by atoms with Crippen LogP contribution in [0.15, 0.2) is 42.6 Å². The molecule has 0 amide bonds. The third-order valence-corrected chi connectivity index (χ3v) is 5.37. The summed E-state index contributed by atoms with van der Waals surface area (Å²) in [7, 11) is 2.01. The maximum atomic E-state index is 4.20. The molecule has 0 spiro atoms. The Hall–Kier alpha value is -1.58. The van der Waals surface area contributed by atoms with Crippen molar-refractivity contribution < 1.29 is 0 Å². The van der Waals surface area contributed by atoms with Crippen LogP contribution in [0.1, 0.15) is 77.8 Å². The van der Waals surface area contributed by atoms with E-state index in [0.717, 1.165) is 25.9 Å². The van der Waals surface area contributed by atoms with Crippen LogP contribution in [0.25, 0.3) is 5.57 Å². The van der Waals surface area contributed by atoms with Gasteiger partial charge in [-0.3, -0.25) is 0 Å². The first-order chi connectivity index (χ1) is 13.8. The van der Waals surface area contributed by atoms with Crippen LogP contribution in [0.5, 0.6) is 0 Å². The van der Waals surface area contributed by atoms with E-state index < -0.39 is 0 Å². The van der Waals surface area contributed by atoms with E-state index in [0.29, 0.717) is 12.0 Å². The largest absolute Gasteiger partial charge is 0.316 e. The summed E-state index contributed by atoms with van der Waals surface area (Å²) in [6.07, 6.45) is 9.54. The molecular formula is C26H45N3. The second-order valence-corrected chi connectivity index (χ2v) is 8.79. The third kappa shape index (κ3) is 11.3. The Bertz CT molecular complexity index is 599. The fourth-order valence-electron chi connectivity index (χ4n) is 3.28. The molecule has 1 aromatic rings. The number of benzene rings is 1. The highest BCUT2D eigenvalue weighted by atomic mass is 15.5. The molecular weight excluding hydrogens is 354 g/mol. The Morgan fingerprint density at radius 3 is 2.28 bits per heavy atom. The van der Waals surface area contributed by atoms with Crippen molar-refractivity contribution >= 4 is 5.57 Å². The van der Waals surface area contributed by atoms with Crippen LogP contribution in [-0.2, 0) is 6.42 Å². The van der Waals surface area contributed by atoms with E-state index in [1.165, 1.54) is 48.0 Å². The third-order valence-electron chi connectivity index (χ3n) is 5.37. The van der Waals surface area contributed by atoms with Gasteiger partial charge in [0.1, 0.15) is 0 Å². The highest BCUT2D eigenvalue weighted by molar-refractivity contribution is 5.64. The summed E-state index contributed by atoms with van der Waals surface area (Å²) in [5.74, 6) is 0.496. The number of aryl methyl sites for hydroxylation is 1. The van der Waals surface area contributed by atoms with Gasteiger partial charge in [-0.25, -0.2) is 5.43 Å². The molecule has 0 aliphatic rings. The predicted octanol–water partition coefficient (Wildman–Crippen LogP) is 6.19. The number of hydrazine groups is 1. The Balaban J connectivity index is 2.33. The minimum absolute atomic E-state index is 0.496. The van der Waals surface area contributed by atoms with Gasteiger partial charge in [-0.1, -0.05) is 77.0 Å². The molecule has 0 unspecified atom stereocenters. The van der Waals surface area contributed by atoms with Crippen LogP contribution in [0.4, 0.5) is 0 Å². The number of hydrogen-bond donors (Lipinski definition) is 2. The summed E-state index contributed by atoms with van der Waals surface area (Å²) in [5.41, 5.74) is 8.60. The van der Waals surface area contributed by atoms with Gasteiger partial charge < -0.3 is 10.3 Å². The van der Waals surface area contributed by atoms with Crippen molar-refractivity contribution in [3.8, 4) is 0 Å². The molecule has 0 aliphatic carbocycles. The van der Waals surface area contributed by atoms with Crippen molar-refractivity contribution in [3.05, 3.63) is 53.7 Å². The molecule has 0 saturated carbocycles. The van der Waals surface area contributed by atoms with E-state index in [2.05, 4.69) is 87.4 Å². The average Bonchev–Trinajstić information content (AvgIpc) is 2.70. The van der Waals surface area contributed by atoms with Crippen molar-refractivity contribution in [1.29, 1.82) is 0 Å². The minimum atomic E-state index is 0.496. The minimum Gasteiger partial charge on any atom is -0.316 e. The molecule has 164 valence electrons. The van der Waals surface area contributed by atoms with Gasteiger partial charge in [0.15, 0.2) is 0 Å². The molecule has 0 aromatic heterocycles. The van der Waals surface area contributed by atoms with Crippen LogP contribution >= 0.6 is 0 Å². The maximum absolute atomic E-state index is 4.20. The molecule has 0 fully saturated rings. The average molecular weight is 400 g/mol. The number of hydrogen-bond acceptors (Lipinski definition) is 3. The first-order valence-corrected chi connectivity index (χ1v) is 11.5. The second-order valence-electron chi connectivity index (χ2n) is 8.79. The standard InChI is InChI=1S/C26H45N3/c1-21(2)24(6)26-16-14-25(15-17-26)13-12-23(5)20-29(27-7)19-11-9-8-10-18-28-22(3)4/h14-17,20-22,27-28H,6,8-13,18-19H2,1-5,7H3/b23-20+. The zero-order valence-corrected chi connectivity index (χ0v) is 19.9. The van der Waals surface area contributed by atoms with E-state index in [9.17, 15) is 0 Å². The molecule has 3 heteroatoms. The maximum Gasteiger partial charge on any atom is 0.0337 e. The van der Waals surface area contributed by atoms with Gasteiger partial charge >= 0.3 is 0 Å². The summed E-state index contributed by atoms with van der Waals surface area (Å²) in [6.45, 7) is 17.4. The Kier molecular flexibility index (Phi) is 12.6. The van der Waals surface area contributed by atoms with Crippen molar-refractivity contribution in [2.24, 2.45) is 5.92 Å². The fourth-order valence-corrected chi connectivity index (χ4v) is 3.28. The van der Waals surface area contributed by atoms with Crippen LogP contribution in [0.2, 0.25) is 0 Å². The van der Waals surface area contributed by atoms with Crippen LogP contribution in [0, 0.1) is 5.92 Å². The molecule has 1 rings (SSSR count). The predicted molar refractivity (Wildman–Crippen MR) is 130 cm³/mol. The first-order valence-electron chi connectivity index (χ1n) is 11.5. The van der Waals surface area contributed by atoms with E-state index in [-0.39, 0.29) is 0 Å². The second kappa shape index (κ2) is 14.4. The number of rotatable bonds is 15.